The molecule has 0 amide bonds. The van der Waals surface area contributed by atoms with Gasteiger partial charge in [-0.15, -0.1) is 0 Å². The Morgan fingerprint density at radius 1 is 1.40 bits per heavy atom. The molecule has 0 aliphatic heterocycles. The van der Waals surface area contributed by atoms with Crippen molar-refractivity contribution in [3.8, 4) is 0 Å². The van der Waals surface area contributed by atoms with Gasteiger partial charge >= 0.3 is 7.25 Å². The Labute approximate surface area is 85.5 Å². The third-order valence-electron chi connectivity index (χ3n) is 1.58. The first-order chi connectivity index (χ1) is 6.88. The van der Waals surface area contributed by atoms with Gasteiger partial charge in [0.25, 0.3) is 0 Å². The maximum absolute atomic E-state index is 9.75. The normalized spacial score (nSPS) is 12.0. The number of aromatic nitrogens is 1. The van der Waals surface area contributed by atoms with Gasteiger partial charge in [-0.25, -0.2) is 4.99 Å². The molecular formula is C8H13BF4N2. The minimum atomic E-state index is -6.00. The third kappa shape index (κ3) is 7.78. The van der Waals surface area contributed by atoms with Gasteiger partial charge in [-0.1, -0.05) is 6.92 Å². The molecule has 2 nitrogen and oxygen atoms in total. The Morgan fingerprint density at radius 2 is 1.93 bits per heavy atom. The first kappa shape index (κ1) is 13.7. The molecule has 1 aromatic heterocycles. The van der Waals surface area contributed by atoms with Crippen LogP contribution in [0.1, 0.15) is 19.0 Å². The van der Waals surface area contributed by atoms with E-state index in [0.29, 0.717) is 0 Å². The fourth-order valence-corrected chi connectivity index (χ4v) is 1.02. The van der Waals surface area contributed by atoms with E-state index in [9.17, 15) is 17.3 Å². The Kier molecular flexibility index (Phi) is 5.73. The molecule has 0 aromatic carbocycles. The van der Waals surface area contributed by atoms with Crippen molar-refractivity contribution in [3.63, 3.8) is 0 Å². The van der Waals surface area contributed by atoms with Crippen LogP contribution < -0.4 is 4.99 Å². The van der Waals surface area contributed by atoms with Gasteiger partial charge < -0.3 is 22.2 Å². The number of H-pyrrole nitrogens is 1. The third-order valence-corrected chi connectivity index (χ3v) is 1.58. The number of hydrogen-bond donors (Lipinski definition) is 2. The zero-order valence-electron chi connectivity index (χ0n) is 8.53. The molecule has 0 fully saturated rings. The van der Waals surface area contributed by atoms with Crippen LogP contribution in [0, 0.1) is 0 Å². The molecule has 86 valence electrons. The van der Waals surface area contributed by atoms with Crippen molar-refractivity contribution in [3.05, 3.63) is 24.0 Å². The molecule has 15 heavy (non-hydrogen) atoms. The van der Waals surface area contributed by atoms with E-state index in [-0.39, 0.29) is 0 Å². The predicted molar refractivity (Wildman–Crippen MR) is 52.3 cm³/mol. The lowest BCUT2D eigenvalue weighted by Gasteiger charge is -1.94. The summed E-state index contributed by atoms with van der Waals surface area (Å²) in [5.41, 5.74) is 2.44. The summed E-state index contributed by atoms with van der Waals surface area (Å²) in [7, 11) is -4.06. The van der Waals surface area contributed by atoms with Gasteiger partial charge in [-0.2, -0.15) is 0 Å². The zero-order valence-corrected chi connectivity index (χ0v) is 8.53. The standard InChI is InChI=1S/C8H12N2.BF4/c1-3-7(9-2)8-5-4-6-10-8;2-1(3,4)5/h4-6,10H,3H2,1-2H3;/q;-1/p+1. The number of rotatable bonds is 2. The average Bonchev–Trinajstić information content (AvgIpc) is 2.56. The number of aromatic amines is 1. The van der Waals surface area contributed by atoms with Gasteiger partial charge in [0, 0.05) is 12.6 Å². The lowest BCUT2D eigenvalue weighted by molar-refractivity contribution is -0.420. The van der Waals surface area contributed by atoms with Gasteiger partial charge in [0.1, 0.15) is 12.7 Å². The molecule has 0 aliphatic rings. The van der Waals surface area contributed by atoms with Crippen LogP contribution in [0.25, 0.3) is 0 Å². The van der Waals surface area contributed by atoms with Crippen molar-refractivity contribution < 1.29 is 22.3 Å². The summed E-state index contributed by atoms with van der Waals surface area (Å²) < 4.78 is 39.0. The van der Waals surface area contributed by atoms with Crippen molar-refractivity contribution in [2.75, 3.05) is 7.05 Å². The minimum Gasteiger partial charge on any atom is -0.418 e. The summed E-state index contributed by atoms with van der Waals surface area (Å²) in [6, 6.07) is 4.07. The molecule has 0 saturated heterocycles. The highest BCUT2D eigenvalue weighted by atomic mass is 19.5. The molecule has 0 unspecified atom stereocenters. The summed E-state index contributed by atoms with van der Waals surface area (Å²) >= 11 is 0. The Bertz CT molecular complexity index is 286. The molecule has 1 rings (SSSR count). The second-order valence-electron chi connectivity index (χ2n) is 2.66. The molecule has 1 heterocycles. The summed E-state index contributed by atoms with van der Waals surface area (Å²) in [6.07, 6.45) is 2.97. The molecule has 7 heteroatoms. The zero-order chi connectivity index (χ0) is 11.9. The van der Waals surface area contributed by atoms with Crippen LogP contribution in [0.3, 0.4) is 0 Å². The van der Waals surface area contributed by atoms with Crippen molar-refractivity contribution in [2.24, 2.45) is 0 Å². The van der Waals surface area contributed by atoms with Gasteiger partial charge in [0.15, 0.2) is 5.71 Å². The fraction of sp³-hybridized carbons (Fsp3) is 0.375. The van der Waals surface area contributed by atoms with Crippen molar-refractivity contribution in [2.45, 2.75) is 13.3 Å². The van der Waals surface area contributed by atoms with Crippen molar-refractivity contribution >= 4 is 13.0 Å². The van der Waals surface area contributed by atoms with Gasteiger partial charge in [-0.05, 0) is 12.1 Å². The quantitative estimate of drug-likeness (QED) is 0.430. The second kappa shape index (κ2) is 6.26. The molecule has 0 spiro atoms. The summed E-state index contributed by atoms with van der Waals surface area (Å²) in [5.74, 6) is 0. The number of hydrogen-bond acceptors (Lipinski definition) is 0. The van der Waals surface area contributed by atoms with Gasteiger partial charge in [0.05, 0.1) is 0 Å². The van der Waals surface area contributed by atoms with Crippen LogP contribution in [-0.4, -0.2) is 25.0 Å². The molecule has 1 aromatic rings. The van der Waals surface area contributed by atoms with Crippen molar-refractivity contribution in [1.29, 1.82) is 0 Å². The highest BCUT2D eigenvalue weighted by Gasteiger charge is 2.20. The number of halogens is 4. The maximum Gasteiger partial charge on any atom is 0.673 e. The smallest absolute Gasteiger partial charge is 0.418 e. The maximum atomic E-state index is 9.75. The largest absolute Gasteiger partial charge is 0.673 e. The minimum absolute atomic E-state index is 1.04. The van der Waals surface area contributed by atoms with Crippen LogP contribution in [-0.2, 0) is 0 Å². The molecule has 0 radical (unpaired) electrons. The molecule has 0 aliphatic carbocycles. The predicted octanol–water partition coefficient (Wildman–Crippen LogP) is 1.22. The van der Waals surface area contributed by atoms with Gasteiger partial charge in [0.2, 0.25) is 0 Å². The first-order valence-corrected chi connectivity index (χ1v) is 4.43. The van der Waals surface area contributed by atoms with E-state index in [4.69, 9.17) is 0 Å². The van der Waals surface area contributed by atoms with Gasteiger partial charge in [-0.3, -0.25) is 0 Å². The molecule has 0 bridgehead atoms. The van der Waals surface area contributed by atoms with E-state index in [1.54, 1.807) is 0 Å². The van der Waals surface area contributed by atoms with E-state index in [1.165, 1.54) is 11.4 Å². The summed E-state index contributed by atoms with van der Waals surface area (Å²) in [5, 5.41) is 0. The van der Waals surface area contributed by atoms with E-state index in [0.717, 1.165) is 6.42 Å². The summed E-state index contributed by atoms with van der Waals surface area (Å²) in [4.78, 5) is 6.28. The first-order valence-electron chi connectivity index (χ1n) is 4.43. The number of nitrogens with one attached hydrogen (secondary N) is 2. The molecule has 0 atom stereocenters. The fourth-order valence-electron chi connectivity index (χ4n) is 1.02. The average molecular weight is 224 g/mol. The van der Waals surface area contributed by atoms with Crippen LogP contribution in [0.15, 0.2) is 18.3 Å². The Hall–Kier alpha value is -1.27. The second-order valence-corrected chi connectivity index (χ2v) is 2.66. The van der Waals surface area contributed by atoms with E-state index in [1.807, 2.05) is 19.3 Å². The highest BCUT2D eigenvalue weighted by Crippen LogP contribution is 2.06. The van der Waals surface area contributed by atoms with Crippen LogP contribution >= 0.6 is 0 Å². The van der Waals surface area contributed by atoms with E-state index < -0.39 is 7.25 Å². The highest BCUT2D eigenvalue weighted by molar-refractivity contribution is 6.50. The molecular weight excluding hydrogens is 211 g/mol. The van der Waals surface area contributed by atoms with E-state index in [2.05, 4.69) is 23.0 Å². The van der Waals surface area contributed by atoms with Crippen LogP contribution in [0.2, 0.25) is 0 Å². The topological polar surface area (TPSA) is 29.8 Å². The molecule has 0 saturated carbocycles. The van der Waals surface area contributed by atoms with Crippen LogP contribution in [0.5, 0.6) is 0 Å². The van der Waals surface area contributed by atoms with Crippen molar-refractivity contribution in [1.82, 2.24) is 4.98 Å². The van der Waals surface area contributed by atoms with Crippen LogP contribution in [0.4, 0.5) is 17.3 Å². The summed E-state index contributed by atoms with van der Waals surface area (Å²) in [6.45, 7) is 2.13. The Balaban J connectivity index is 0.000000336. The lowest BCUT2D eigenvalue weighted by atomic mass is 10.2. The SMILES string of the molecule is CCC(=[NH+]C)c1ccc[nH]1.F[B-](F)(F)F. The molecule has 2 N–H and O–H groups in total. The monoisotopic (exact) mass is 224 g/mol. The Morgan fingerprint density at radius 3 is 2.20 bits per heavy atom. The van der Waals surface area contributed by atoms with E-state index >= 15 is 0 Å². The lowest BCUT2D eigenvalue weighted by Crippen LogP contribution is -2.68.